The molecule has 5 heteroatoms. The maximum atomic E-state index is 12.1. The highest BCUT2D eigenvalue weighted by Crippen LogP contribution is 2.25. The summed E-state index contributed by atoms with van der Waals surface area (Å²) in [6, 6.07) is 5.16. The van der Waals surface area contributed by atoms with Crippen LogP contribution in [0.3, 0.4) is 0 Å². The number of carbonyl (C=O) groups excluding carboxylic acids is 1. The second-order valence-electron chi connectivity index (χ2n) is 4.71. The molecule has 0 aliphatic carbocycles. The van der Waals surface area contributed by atoms with Crippen LogP contribution in [0, 0.1) is 0 Å². The summed E-state index contributed by atoms with van der Waals surface area (Å²) in [5.74, 6) is -0.138. The zero-order chi connectivity index (χ0) is 13.2. The first-order valence-corrected chi connectivity index (χ1v) is 7.04. The molecule has 2 rings (SSSR count). The van der Waals surface area contributed by atoms with Gasteiger partial charge in [0.15, 0.2) is 0 Å². The van der Waals surface area contributed by atoms with Crippen LogP contribution < -0.4 is 5.32 Å². The molecule has 1 saturated heterocycles. The van der Waals surface area contributed by atoms with Crippen LogP contribution >= 0.6 is 27.5 Å². The minimum atomic E-state index is -0.235. The van der Waals surface area contributed by atoms with Gasteiger partial charge in [-0.1, -0.05) is 11.6 Å². The van der Waals surface area contributed by atoms with E-state index < -0.39 is 0 Å². The van der Waals surface area contributed by atoms with Gasteiger partial charge >= 0.3 is 0 Å². The van der Waals surface area contributed by atoms with E-state index in [4.69, 9.17) is 16.3 Å². The zero-order valence-corrected chi connectivity index (χ0v) is 12.5. The molecule has 1 heterocycles. The van der Waals surface area contributed by atoms with E-state index in [9.17, 15) is 4.79 Å². The van der Waals surface area contributed by atoms with Crippen LogP contribution in [0.5, 0.6) is 0 Å². The van der Waals surface area contributed by atoms with E-state index in [-0.39, 0.29) is 11.5 Å². The molecule has 0 saturated carbocycles. The first-order chi connectivity index (χ1) is 8.50. The SMILES string of the molecule is CC1(CNC(=O)c2cc(Cl)ccc2Br)CCCO1. The maximum absolute atomic E-state index is 12.1. The van der Waals surface area contributed by atoms with Gasteiger partial charge in [0, 0.05) is 22.6 Å². The number of rotatable bonds is 3. The van der Waals surface area contributed by atoms with Gasteiger partial charge in [0.25, 0.3) is 5.91 Å². The molecule has 0 radical (unpaired) electrons. The number of halogens is 2. The number of benzene rings is 1. The van der Waals surface area contributed by atoms with Crippen LogP contribution in [0.2, 0.25) is 5.02 Å². The van der Waals surface area contributed by atoms with Crippen LogP contribution in [-0.4, -0.2) is 24.7 Å². The Morgan fingerprint density at radius 1 is 1.61 bits per heavy atom. The van der Waals surface area contributed by atoms with Gasteiger partial charge in [-0.05, 0) is 53.9 Å². The third kappa shape index (κ3) is 3.25. The average Bonchev–Trinajstić information content (AvgIpc) is 2.77. The summed E-state index contributed by atoms with van der Waals surface area (Å²) in [7, 11) is 0. The molecule has 0 spiro atoms. The lowest BCUT2D eigenvalue weighted by molar-refractivity contribution is 0.0206. The van der Waals surface area contributed by atoms with Gasteiger partial charge < -0.3 is 10.1 Å². The summed E-state index contributed by atoms with van der Waals surface area (Å²) in [6.07, 6.45) is 2.03. The van der Waals surface area contributed by atoms with Gasteiger partial charge in [0.1, 0.15) is 0 Å². The molecule has 1 aromatic carbocycles. The van der Waals surface area contributed by atoms with Crippen molar-refractivity contribution in [2.75, 3.05) is 13.2 Å². The molecule has 98 valence electrons. The predicted octanol–water partition coefficient (Wildman–Crippen LogP) is 3.40. The Morgan fingerprint density at radius 2 is 2.39 bits per heavy atom. The van der Waals surface area contributed by atoms with Crippen LogP contribution in [0.25, 0.3) is 0 Å². The topological polar surface area (TPSA) is 38.3 Å². The molecule has 1 N–H and O–H groups in total. The van der Waals surface area contributed by atoms with Crippen molar-refractivity contribution in [2.45, 2.75) is 25.4 Å². The first kappa shape index (κ1) is 13.8. The van der Waals surface area contributed by atoms with Crippen molar-refractivity contribution in [3.63, 3.8) is 0 Å². The predicted molar refractivity (Wildman–Crippen MR) is 75.1 cm³/mol. The van der Waals surface area contributed by atoms with Crippen molar-refractivity contribution >= 4 is 33.4 Å². The summed E-state index contributed by atoms with van der Waals surface area (Å²) in [5.41, 5.74) is 0.310. The maximum Gasteiger partial charge on any atom is 0.252 e. The highest BCUT2D eigenvalue weighted by Gasteiger charge is 2.30. The van der Waals surface area contributed by atoms with Gasteiger partial charge in [0.05, 0.1) is 11.2 Å². The van der Waals surface area contributed by atoms with Gasteiger partial charge in [-0.25, -0.2) is 0 Å². The smallest absolute Gasteiger partial charge is 0.252 e. The number of carbonyl (C=O) groups is 1. The summed E-state index contributed by atoms with van der Waals surface area (Å²) >= 11 is 9.24. The molecule has 1 aliphatic heterocycles. The van der Waals surface area contributed by atoms with Crippen molar-refractivity contribution in [3.05, 3.63) is 33.3 Å². The number of amides is 1. The Balaban J connectivity index is 2.01. The Labute approximate surface area is 120 Å². The van der Waals surface area contributed by atoms with E-state index >= 15 is 0 Å². The Bertz CT molecular complexity index is 458. The fourth-order valence-electron chi connectivity index (χ4n) is 2.01. The lowest BCUT2D eigenvalue weighted by Gasteiger charge is -2.23. The minimum absolute atomic E-state index is 0.138. The number of nitrogens with one attached hydrogen (secondary N) is 1. The molecule has 1 fully saturated rings. The Hall–Kier alpha value is -0.580. The number of hydrogen-bond donors (Lipinski definition) is 1. The van der Waals surface area contributed by atoms with Crippen molar-refractivity contribution in [1.29, 1.82) is 0 Å². The quantitative estimate of drug-likeness (QED) is 0.921. The second kappa shape index (κ2) is 5.59. The second-order valence-corrected chi connectivity index (χ2v) is 6.00. The molecule has 1 atom stereocenters. The molecule has 18 heavy (non-hydrogen) atoms. The summed E-state index contributed by atoms with van der Waals surface area (Å²) in [5, 5.41) is 3.44. The fraction of sp³-hybridized carbons (Fsp3) is 0.462. The van der Waals surface area contributed by atoms with E-state index in [2.05, 4.69) is 21.2 Å². The zero-order valence-electron chi connectivity index (χ0n) is 10.1. The molecule has 1 aromatic rings. The third-order valence-electron chi connectivity index (χ3n) is 3.10. The molecular formula is C13H15BrClNO2. The molecular weight excluding hydrogens is 318 g/mol. The van der Waals surface area contributed by atoms with Crippen LogP contribution in [-0.2, 0) is 4.74 Å². The Morgan fingerprint density at radius 3 is 3.06 bits per heavy atom. The monoisotopic (exact) mass is 331 g/mol. The van der Waals surface area contributed by atoms with Crippen molar-refractivity contribution in [2.24, 2.45) is 0 Å². The number of hydrogen-bond acceptors (Lipinski definition) is 2. The molecule has 0 bridgehead atoms. The molecule has 1 amide bonds. The lowest BCUT2D eigenvalue weighted by atomic mass is 10.0. The number of ether oxygens (including phenoxy) is 1. The van der Waals surface area contributed by atoms with Crippen molar-refractivity contribution < 1.29 is 9.53 Å². The van der Waals surface area contributed by atoms with E-state index in [0.29, 0.717) is 17.1 Å². The summed E-state index contributed by atoms with van der Waals surface area (Å²) < 4.78 is 6.37. The molecule has 1 aliphatic rings. The van der Waals surface area contributed by atoms with Crippen LogP contribution in [0.15, 0.2) is 22.7 Å². The largest absolute Gasteiger partial charge is 0.373 e. The standard InChI is InChI=1S/C13H15BrClNO2/c1-13(5-2-6-18-13)8-16-12(17)10-7-9(15)3-4-11(10)14/h3-4,7H,2,5-6,8H2,1H3,(H,16,17). The highest BCUT2D eigenvalue weighted by molar-refractivity contribution is 9.10. The van der Waals surface area contributed by atoms with Crippen LogP contribution in [0.1, 0.15) is 30.1 Å². The van der Waals surface area contributed by atoms with E-state index in [1.54, 1.807) is 18.2 Å². The Kier molecular flexibility index (Phi) is 4.30. The van der Waals surface area contributed by atoms with Gasteiger partial charge in [0.2, 0.25) is 0 Å². The van der Waals surface area contributed by atoms with E-state index in [1.165, 1.54) is 0 Å². The van der Waals surface area contributed by atoms with Gasteiger partial charge in [-0.3, -0.25) is 4.79 Å². The highest BCUT2D eigenvalue weighted by atomic mass is 79.9. The average molecular weight is 333 g/mol. The third-order valence-corrected chi connectivity index (χ3v) is 4.02. The molecule has 0 aromatic heterocycles. The summed E-state index contributed by atoms with van der Waals surface area (Å²) in [4.78, 5) is 12.1. The minimum Gasteiger partial charge on any atom is -0.373 e. The molecule has 1 unspecified atom stereocenters. The van der Waals surface area contributed by atoms with Crippen molar-refractivity contribution in [3.8, 4) is 0 Å². The van der Waals surface area contributed by atoms with E-state index in [1.807, 2.05) is 6.92 Å². The van der Waals surface area contributed by atoms with Gasteiger partial charge in [-0.15, -0.1) is 0 Å². The lowest BCUT2D eigenvalue weighted by Crippen LogP contribution is -2.40. The van der Waals surface area contributed by atoms with Crippen molar-refractivity contribution in [1.82, 2.24) is 5.32 Å². The van der Waals surface area contributed by atoms with Crippen LogP contribution in [0.4, 0.5) is 0 Å². The fourth-order valence-corrected chi connectivity index (χ4v) is 2.61. The molecule has 3 nitrogen and oxygen atoms in total. The first-order valence-electron chi connectivity index (χ1n) is 5.87. The normalized spacial score (nSPS) is 23.1. The summed E-state index contributed by atoms with van der Waals surface area (Å²) in [6.45, 7) is 3.31. The van der Waals surface area contributed by atoms with E-state index in [0.717, 1.165) is 23.9 Å². The van der Waals surface area contributed by atoms with Gasteiger partial charge in [-0.2, -0.15) is 0 Å².